The number of rotatable bonds is 18. The predicted octanol–water partition coefficient (Wildman–Crippen LogP) is 0.247. The van der Waals surface area contributed by atoms with E-state index in [1.54, 1.807) is 50.3 Å². The van der Waals surface area contributed by atoms with E-state index in [-0.39, 0.29) is 36.5 Å². The van der Waals surface area contributed by atoms with Gasteiger partial charge in [0.15, 0.2) is 48.5 Å². The van der Waals surface area contributed by atoms with E-state index in [4.69, 9.17) is 42.6 Å². The van der Waals surface area contributed by atoms with Crippen molar-refractivity contribution in [1.29, 1.82) is 0 Å². The average molecular weight is 1080 g/mol. The van der Waals surface area contributed by atoms with Gasteiger partial charge in [0.2, 0.25) is 11.8 Å². The Bertz CT molecular complexity index is 2390. The lowest BCUT2D eigenvalue weighted by molar-refractivity contribution is -0.125. The molecule has 10 atom stereocenters. The van der Waals surface area contributed by atoms with Gasteiger partial charge < -0.3 is 94.5 Å². The summed E-state index contributed by atoms with van der Waals surface area (Å²) in [5.41, 5.74) is 0.502. The zero-order valence-electron chi connectivity index (χ0n) is 43.1. The van der Waals surface area contributed by atoms with Crippen LogP contribution >= 0.6 is 0 Å². The normalized spacial score (nSPS) is 23.5. The zero-order valence-corrected chi connectivity index (χ0v) is 43.1. The van der Waals surface area contributed by atoms with Gasteiger partial charge in [-0.3, -0.25) is 30.0 Å². The quantitative estimate of drug-likeness (QED) is 0.0313. The molecule has 4 heterocycles. The van der Waals surface area contributed by atoms with Crippen LogP contribution in [-0.4, -0.2) is 171 Å². The molecule has 2 aromatic rings. The molecule has 0 saturated carbocycles. The van der Waals surface area contributed by atoms with Crippen LogP contribution in [0.2, 0.25) is 27.3 Å². The minimum Gasteiger partial charge on any atom is -0.489 e. The number of hydrogen-bond acceptors (Lipinski definition) is 21. The minimum absolute atomic E-state index is 0.0313. The fraction of sp³-hybridized carbons (Fsp3) is 0.455. The Kier molecular flexibility index (Phi) is 20.2. The van der Waals surface area contributed by atoms with Gasteiger partial charge >= 0.3 is 52.7 Å². The molecule has 33 heteroatoms. The molecule has 412 valence electrons. The topological polar surface area (TPSA) is 387 Å². The first-order valence-electron chi connectivity index (χ1n) is 24.2. The fourth-order valence-corrected chi connectivity index (χ4v) is 8.32. The molecule has 4 aliphatic rings. The van der Waals surface area contributed by atoms with Gasteiger partial charge in [-0.2, -0.15) is 0 Å². The molecule has 2 aromatic carbocycles. The Balaban J connectivity index is 1.11. The second kappa shape index (κ2) is 26.6. The number of hydrogen-bond donors (Lipinski definition) is 12. The van der Waals surface area contributed by atoms with Crippen molar-refractivity contribution < 1.29 is 91.5 Å². The maximum absolute atomic E-state index is 13.6. The number of anilines is 2. The van der Waals surface area contributed by atoms with Crippen LogP contribution in [0.3, 0.4) is 0 Å². The van der Waals surface area contributed by atoms with Gasteiger partial charge in [-0.1, -0.05) is 0 Å². The van der Waals surface area contributed by atoms with Gasteiger partial charge in [-0.25, -0.2) is 19.2 Å². The highest BCUT2D eigenvalue weighted by molar-refractivity contribution is 6.53. The number of nitrogens with zero attached hydrogens (tertiary/aromatic N) is 2. The van der Waals surface area contributed by atoms with Crippen LogP contribution in [0.4, 0.5) is 30.6 Å². The zero-order chi connectivity index (χ0) is 56.1. The van der Waals surface area contributed by atoms with E-state index in [0.717, 1.165) is 0 Å². The van der Waals surface area contributed by atoms with Crippen LogP contribution in [0, 0.1) is 0 Å². The Morgan fingerprint density at radius 2 is 0.948 bits per heavy atom. The molecule has 2 saturated heterocycles. The number of amides is 4. The van der Waals surface area contributed by atoms with E-state index >= 15 is 0 Å². The minimum atomic E-state index is -1.39. The Morgan fingerprint density at radius 3 is 1.25 bits per heavy atom. The molecule has 0 radical (unpaired) electrons. The lowest BCUT2D eigenvalue weighted by Crippen LogP contribution is -2.65. The van der Waals surface area contributed by atoms with Gasteiger partial charge in [0.25, 0.3) is 0 Å². The van der Waals surface area contributed by atoms with E-state index < -0.39 is 125 Å². The molecule has 4 amide bonds. The summed E-state index contributed by atoms with van der Waals surface area (Å²) in [6.45, 7) is 10.7. The van der Waals surface area contributed by atoms with Crippen molar-refractivity contribution >= 4 is 87.8 Å². The third kappa shape index (κ3) is 17.5. The summed E-state index contributed by atoms with van der Waals surface area (Å²) < 4.78 is 50.7. The number of allylic oxidation sites excluding steroid dienone is 2. The number of carbonyl (C=O) groups is 6. The molecule has 6 rings (SSSR count). The highest BCUT2D eigenvalue weighted by Crippen LogP contribution is 2.31. The van der Waals surface area contributed by atoms with Crippen molar-refractivity contribution in [3.63, 3.8) is 0 Å². The van der Waals surface area contributed by atoms with Gasteiger partial charge in [-0.15, -0.1) is 0 Å². The molecular weight excluding hydrogens is 1020 g/mol. The Labute approximate surface area is 443 Å². The number of ether oxygens (including phenoxy) is 9. The van der Waals surface area contributed by atoms with Crippen molar-refractivity contribution in [3.05, 3.63) is 72.2 Å². The Hall–Kier alpha value is -8.02. The summed E-state index contributed by atoms with van der Waals surface area (Å²) in [5, 5.41) is 62.2. The number of nitrogens with one attached hydrogen (secondary N) is 8. The van der Waals surface area contributed by atoms with Crippen LogP contribution in [0.25, 0.3) is 0 Å². The fourth-order valence-electron chi connectivity index (χ4n) is 8.32. The molecular formula is C44H60B4N10O19. The SMILES string of the molecule is CB(O)/N=C(/NB(C)O)N[C@H]1C=C(C)O[C@@H]([C@H](OC(=O)Nc2ccc(Oc3ccc(NC(=O)O[C@@H]([C@@H]4OC(C)=C[C@H](N/C(=N\B(C)O)NB(C)O)[C@H]4NC(C)=O)[C@H]4COC(=O)O4)cc3)cc2)[C@H]2COC(=O)O2)[C@@H]1NC(C)=O. The molecule has 0 bridgehead atoms. The van der Waals surface area contributed by atoms with Gasteiger partial charge in [0.1, 0.15) is 24.7 Å². The molecule has 0 spiro atoms. The molecule has 0 aliphatic carbocycles. The number of carbonyl (C=O) groups excluding carboxylic acids is 6. The van der Waals surface area contributed by atoms with Crippen molar-refractivity contribution in [2.45, 2.75) is 116 Å². The van der Waals surface area contributed by atoms with E-state index in [2.05, 4.69) is 52.2 Å². The molecule has 0 unspecified atom stereocenters. The predicted molar refractivity (Wildman–Crippen MR) is 276 cm³/mol. The summed E-state index contributed by atoms with van der Waals surface area (Å²) in [5.74, 6) is 0.220. The highest BCUT2D eigenvalue weighted by Gasteiger charge is 2.51. The second-order valence-corrected chi connectivity index (χ2v) is 17.9. The van der Waals surface area contributed by atoms with Crippen molar-refractivity contribution in [3.8, 4) is 11.5 Å². The van der Waals surface area contributed by atoms with E-state index in [1.807, 2.05) is 0 Å². The first-order chi connectivity index (χ1) is 36.5. The molecule has 12 N–H and O–H groups in total. The second-order valence-electron chi connectivity index (χ2n) is 17.9. The van der Waals surface area contributed by atoms with E-state index in [0.29, 0.717) is 23.0 Å². The first-order valence-corrected chi connectivity index (χ1v) is 24.2. The average Bonchev–Trinajstić information content (AvgIpc) is 3.96. The molecule has 2 fully saturated rings. The van der Waals surface area contributed by atoms with Crippen molar-refractivity contribution in [2.24, 2.45) is 9.81 Å². The third-order valence-corrected chi connectivity index (χ3v) is 11.2. The standard InChI is InChI=1S/C44H60B4N10O19/c1-21-17-29(53-39(55-45(5)65)56-46(6)66)33(49-23(3)59)37(71-21)35(31-19-69-43(63)74-31)76-41(61)51-25-9-13-27(14-10-25)73-28-15-11-26(12-16-28)52-42(62)77-36(32-20-70-44(64)75-32)38-34(50-24(4)60)30(18-22(2)72-38)54-40(57-47(7)67)58-48(8)68/h9-18,29-38,65-68H,19-20H2,1-8H3,(H,49,59)(H,50,60)(H,51,61)(H,52,62)(H2,53,55,56)(H2,54,57,58)/t29-,30-,31+,32+,33+,34+,35+,36+,37+,38+/m0/s1. The lowest BCUT2D eigenvalue weighted by Gasteiger charge is -2.41. The number of guanidine groups is 2. The summed E-state index contributed by atoms with van der Waals surface area (Å²) >= 11 is 0. The maximum atomic E-state index is 13.6. The molecule has 29 nitrogen and oxygen atoms in total. The maximum Gasteiger partial charge on any atom is 0.508 e. The number of benzene rings is 2. The van der Waals surface area contributed by atoms with Crippen LogP contribution in [0.1, 0.15) is 27.7 Å². The largest absolute Gasteiger partial charge is 0.508 e. The monoisotopic (exact) mass is 1080 g/mol. The van der Waals surface area contributed by atoms with Crippen molar-refractivity contribution in [1.82, 2.24) is 31.7 Å². The van der Waals surface area contributed by atoms with Crippen LogP contribution in [0.5, 0.6) is 11.5 Å². The van der Waals surface area contributed by atoms with E-state index in [1.165, 1.54) is 65.4 Å². The Morgan fingerprint density at radius 1 is 0.584 bits per heavy atom. The molecule has 4 aliphatic heterocycles. The molecule has 77 heavy (non-hydrogen) atoms. The summed E-state index contributed by atoms with van der Waals surface area (Å²) in [7, 11) is -4.59. The van der Waals surface area contributed by atoms with Gasteiger partial charge in [-0.05, 0) is 102 Å². The van der Waals surface area contributed by atoms with Crippen LogP contribution in [-0.2, 0) is 47.5 Å². The smallest absolute Gasteiger partial charge is 0.489 e. The molecule has 0 aromatic heterocycles. The van der Waals surface area contributed by atoms with Gasteiger partial charge in [0, 0.05) is 25.2 Å². The van der Waals surface area contributed by atoms with Crippen LogP contribution < -0.4 is 47.1 Å². The summed E-state index contributed by atoms with van der Waals surface area (Å²) in [4.78, 5) is 84.7. The summed E-state index contributed by atoms with van der Waals surface area (Å²) in [6, 6.07) is 8.46. The van der Waals surface area contributed by atoms with E-state index in [9.17, 15) is 48.9 Å². The first kappa shape index (κ1) is 58.2. The summed E-state index contributed by atoms with van der Waals surface area (Å²) in [6.07, 6.45) is -8.41. The highest BCUT2D eigenvalue weighted by atomic mass is 16.8. The van der Waals surface area contributed by atoms with Crippen LogP contribution in [0.15, 0.2) is 82.0 Å². The number of cyclic esters (lactones) is 4. The lowest BCUT2D eigenvalue weighted by atomic mass is 9.87. The van der Waals surface area contributed by atoms with Gasteiger partial charge in [0.05, 0.1) is 35.7 Å². The van der Waals surface area contributed by atoms with Crippen molar-refractivity contribution in [2.75, 3.05) is 23.8 Å². The third-order valence-electron chi connectivity index (χ3n) is 11.2.